The third-order valence-corrected chi connectivity index (χ3v) is 6.70. The normalized spacial score (nSPS) is 16.4. The number of sulfonamides is 1. The maximum Gasteiger partial charge on any atom is 0.243 e. The van der Waals surface area contributed by atoms with Crippen LogP contribution in [0.3, 0.4) is 0 Å². The molecule has 2 aromatic rings. The van der Waals surface area contributed by atoms with Gasteiger partial charge in [-0.15, -0.1) is 0 Å². The summed E-state index contributed by atoms with van der Waals surface area (Å²) in [6.45, 7) is 6.88. The van der Waals surface area contributed by atoms with Gasteiger partial charge in [-0.05, 0) is 26.0 Å². The highest BCUT2D eigenvalue weighted by molar-refractivity contribution is 7.89. The summed E-state index contributed by atoms with van der Waals surface area (Å²) in [6.07, 6.45) is 0. The van der Waals surface area contributed by atoms with Gasteiger partial charge in [-0.3, -0.25) is 4.90 Å². The van der Waals surface area contributed by atoms with Gasteiger partial charge in [0.05, 0.1) is 24.8 Å². The molecule has 1 aromatic carbocycles. The lowest BCUT2D eigenvalue weighted by molar-refractivity contribution is 0.180. The molecule has 0 radical (unpaired) electrons. The summed E-state index contributed by atoms with van der Waals surface area (Å²) in [7, 11) is -0.557. The van der Waals surface area contributed by atoms with Crippen molar-refractivity contribution in [3.63, 3.8) is 0 Å². The predicted molar refractivity (Wildman–Crippen MR) is 102 cm³/mol. The standard InChI is InChI=1S/C18H26N4O4S/c1-13-16(20-14(2)19-13)12-21-7-9-22(10-8-21)27(23,24)15-5-6-17(25-3)18(11-15)26-4/h5-6,11H,7-10,12H2,1-4H3,(H,19,20). The fourth-order valence-corrected chi connectivity index (χ4v) is 4.72. The molecule has 0 spiro atoms. The molecule has 1 aromatic heterocycles. The van der Waals surface area contributed by atoms with Gasteiger partial charge in [-0.2, -0.15) is 4.31 Å². The Morgan fingerprint density at radius 3 is 2.30 bits per heavy atom. The second-order valence-corrected chi connectivity index (χ2v) is 8.53. The number of methoxy groups -OCH3 is 2. The zero-order valence-electron chi connectivity index (χ0n) is 16.2. The van der Waals surface area contributed by atoms with Crippen LogP contribution >= 0.6 is 0 Å². The zero-order chi connectivity index (χ0) is 19.6. The molecule has 0 atom stereocenters. The molecule has 8 nitrogen and oxygen atoms in total. The van der Waals surface area contributed by atoms with Crippen LogP contribution in [0.25, 0.3) is 0 Å². The van der Waals surface area contributed by atoms with E-state index in [0.717, 1.165) is 23.8 Å². The van der Waals surface area contributed by atoms with Gasteiger partial charge in [-0.1, -0.05) is 0 Å². The molecule has 27 heavy (non-hydrogen) atoms. The monoisotopic (exact) mass is 394 g/mol. The van der Waals surface area contributed by atoms with E-state index < -0.39 is 10.0 Å². The number of aromatic amines is 1. The number of aryl methyl sites for hydroxylation is 2. The highest BCUT2D eigenvalue weighted by Gasteiger charge is 2.29. The first-order valence-electron chi connectivity index (χ1n) is 8.81. The van der Waals surface area contributed by atoms with Crippen molar-refractivity contribution < 1.29 is 17.9 Å². The van der Waals surface area contributed by atoms with Crippen LogP contribution in [0.1, 0.15) is 17.2 Å². The molecule has 1 fully saturated rings. The molecule has 3 rings (SSSR count). The van der Waals surface area contributed by atoms with Gasteiger partial charge in [-0.25, -0.2) is 13.4 Å². The number of nitrogens with zero attached hydrogens (tertiary/aromatic N) is 3. The van der Waals surface area contributed by atoms with Crippen LogP contribution in [0.4, 0.5) is 0 Å². The van der Waals surface area contributed by atoms with Crippen LogP contribution in [0.5, 0.6) is 11.5 Å². The molecular weight excluding hydrogens is 368 g/mol. The fraction of sp³-hybridized carbons (Fsp3) is 0.500. The van der Waals surface area contributed by atoms with Crippen molar-refractivity contribution >= 4 is 10.0 Å². The lowest BCUT2D eigenvalue weighted by atomic mass is 10.3. The van der Waals surface area contributed by atoms with Crippen LogP contribution in [-0.4, -0.2) is 68.0 Å². The van der Waals surface area contributed by atoms with Gasteiger partial charge in [0, 0.05) is 44.5 Å². The van der Waals surface area contributed by atoms with Crippen LogP contribution in [0, 0.1) is 13.8 Å². The van der Waals surface area contributed by atoms with Crippen LogP contribution in [0.2, 0.25) is 0 Å². The molecule has 0 amide bonds. The van der Waals surface area contributed by atoms with Gasteiger partial charge in [0.25, 0.3) is 0 Å². The van der Waals surface area contributed by atoms with E-state index in [1.54, 1.807) is 12.1 Å². The average molecular weight is 394 g/mol. The van der Waals surface area contributed by atoms with E-state index in [1.807, 2.05) is 13.8 Å². The number of piperazine rings is 1. The predicted octanol–water partition coefficient (Wildman–Crippen LogP) is 1.55. The van der Waals surface area contributed by atoms with Crippen LogP contribution < -0.4 is 9.47 Å². The van der Waals surface area contributed by atoms with Crippen molar-refractivity contribution in [1.82, 2.24) is 19.2 Å². The molecule has 0 saturated carbocycles. The van der Waals surface area contributed by atoms with E-state index in [0.29, 0.717) is 37.7 Å². The first-order valence-corrected chi connectivity index (χ1v) is 10.3. The number of aromatic nitrogens is 2. The molecule has 1 aliphatic heterocycles. The number of ether oxygens (including phenoxy) is 2. The summed E-state index contributed by atoms with van der Waals surface area (Å²) >= 11 is 0. The average Bonchev–Trinajstić information content (AvgIpc) is 2.98. The van der Waals surface area contributed by atoms with Crippen molar-refractivity contribution in [2.45, 2.75) is 25.3 Å². The molecule has 0 unspecified atom stereocenters. The Labute approximate surface area is 160 Å². The van der Waals surface area contributed by atoms with Crippen LogP contribution in [-0.2, 0) is 16.6 Å². The molecule has 1 saturated heterocycles. The molecule has 148 valence electrons. The largest absolute Gasteiger partial charge is 0.493 e. The van der Waals surface area contributed by atoms with Crippen molar-refractivity contribution in [2.75, 3.05) is 40.4 Å². The zero-order valence-corrected chi connectivity index (χ0v) is 17.0. The van der Waals surface area contributed by atoms with E-state index in [-0.39, 0.29) is 4.90 Å². The lowest BCUT2D eigenvalue weighted by Gasteiger charge is -2.33. The molecule has 0 aliphatic carbocycles. The highest BCUT2D eigenvalue weighted by atomic mass is 32.2. The molecular formula is C18H26N4O4S. The third kappa shape index (κ3) is 4.10. The van der Waals surface area contributed by atoms with Gasteiger partial charge in [0.15, 0.2) is 11.5 Å². The van der Waals surface area contributed by atoms with Crippen molar-refractivity contribution in [3.8, 4) is 11.5 Å². The second-order valence-electron chi connectivity index (χ2n) is 6.59. The minimum absolute atomic E-state index is 0.215. The summed E-state index contributed by atoms with van der Waals surface area (Å²) in [5.74, 6) is 1.81. The number of nitrogens with one attached hydrogen (secondary N) is 1. The Bertz CT molecular complexity index is 902. The summed E-state index contributed by atoms with van der Waals surface area (Å²) in [5, 5.41) is 0. The van der Waals surface area contributed by atoms with Gasteiger partial charge < -0.3 is 14.5 Å². The van der Waals surface area contributed by atoms with Crippen molar-refractivity contribution in [3.05, 3.63) is 35.4 Å². The van der Waals surface area contributed by atoms with E-state index in [1.165, 1.54) is 24.6 Å². The number of rotatable bonds is 6. The van der Waals surface area contributed by atoms with E-state index in [4.69, 9.17) is 9.47 Å². The third-order valence-electron chi connectivity index (χ3n) is 4.80. The summed E-state index contributed by atoms with van der Waals surface area (Å²) in [6, 6.07) is 4.68. The number of benzene rings is 1. The summed E-state index contributed by atoms with van der Waals surface area (Å²) < 4.78 is 37.9. The van der Waals surface area contributed by atoms with E-state index in [2.05, 4.69) is 14.9 Å². The Hall–Kier alpha value is -2.10. The van der Waals surface area contributed by atoms with E-state index >= 15 is 0 Å². The maximum atomic E-state index is 13.0. The highest BCUT2D eigenvalue weighted by Crippen LogP contribution is 2.31. The van der Waals surface area contributed by atoms with Crippen molar-refractivity contribution in [1.29, 1.82) is 0 Å². The molecule has 1 aliphatic rings. The minimum atomic E-state index is -3.57. The van der Waals surface area contributed by atoms with Gasteiger partial charge >= 0.3 is 0 Å². The van der Waals surface area contributed by atoms with Gasteiger partial charge in [0.1, 0.15) is 5.82 Å². The molecule has 0 bridgehead atoms. The molecule has 2 heterocycles. The topological polar surface area (TPSA) is 87.8 Å². The van der Waals surface area contributed by atoms with E-state index in [9.17, 15) is 8.42 Å². The van der Waals surface area contributed by atoms with Crippen LogP contribution in [0.15, 0.2) is 23.1 Å². The lowest BCUT2D eigenvalue weighted by Crippen LogP contribution is -2.48. The Kier molecular flexibility index (Phi) is 5.73. The number of hydrogen-bond donors (Lipinski definition) is 1. The number of H-pyrrole nitrogens is 1. The number of hydrogen-bond acceptors (Lipinski definition) is 6. The second kappa shape index (κ2) is 7.87. The Morgan fingerprint density at radius 2 is 1.74 bits per heavy atom. The van der Waals surface area contributed by atoms with Crippen molar-refractivity contribution in [2.24, 2.45) is 0 Å². The number of imidazole rings is 1. The molecule has 1 N–H and O–H groups in total. The smallest absolute Gasteiger partial charge is 0.243 e. The summed E-state index contributed by atoms with van der Waals surface area (Å²) in [5.41, 5.74) is 2.08. The first-order chi connectivity index (χ1) is 12.8. The Balaban J connectivity index is 1.68. The quantitative estimate of drug-likeness (QED) is 0.800. The Morgan fingerprint density at radius 1 is 1.07 bits per heavy atom. The minimum Gasteiger partial charge on any atom is -0.493 e. The first kappa shape index (κ1) is 19.7. The maximum absolute atomic E-state index is 13.0. The summed E-state index contributed by atoms with van der Waals surface area (Å²) in [4.78, 5) is 10.1. The SMILES string of the molecule is COc1ccc(S(=O)(=O)N2CCN(Cc3nc(C)[nH]c3C)CC2)cc1OC. The van der Waals surface area contributed by atoms with Gasteiger partial charge in [0.2, 0.25) is 10.0 Å². The fourth-order valence-electron chi connectivity index (χ4n) is 3.28. The molecule has 9 heteroatoms.